The predicted octanol–water partition coefficient (Wildman–Crippen LogP) is 0.349. The Labute approximate surface area is 75.0 Å². The molecule has 0 unspecified atom stereocenters. The molecule has 0 rings (SSSR count). The molecule has 0 radical (unpaired) electrons. The van der Waals surface area contributed by atoms with Gasteiger partial charge >= 0.3 is 0 Å². The molecule has 0 atom stereocenters. The van der Waals surface area contributed by atoms with Crippen molar-refractivity contribution in [2.24, 2.45) is 17.2 Å². The topological polar surface area (TPSA) is 78.1 Å². The fourth-order valence-corrected chi connectivity index (χ4v) is 1.15. The van der Waals surface area contributed by atoms with Crippen molar-refractivity contribution in [2.45, 2.75) is 25.7 Å². The Kier molecular flexibility index (Phi) is 8.44. The summed E-state index contributed by atoms with van der Waals surface area (Å²) in [7, 11) is 0. The molecule has 0 fully saturated rings. The molecule has 0 saturated carbocycles. The second-order valence-electron chi connectivity index (χ2n) is 2.88. The summed E-state index contributed by atoms with van der Waals surface area (Å²) < 4.78 is 0. The summed E-state index contributed by atoms with van der Waals surface area (Å²) in [6.07, 6.45) is 6.35. The minimum atomic E-state index is 0.629. The number of rotatable bonds is 7. The molecule has 0 aliphatic rings. The normalized spacial score (nSPS) is 9.92. The van der Waals surface area contributed by atoms with Crippen LogP contribution in [0.3, 0.4) is 0 Å². The van der Waals surface area contributed by atoms with Crippen LogP contribution in [0, 0.1) is 0 Å². The van der Waals surface area contributed by atoms with Gasteiger partial charge in [0.15, 0.2) is 0 Å². The molecule has 0 aromatic carbocycles. The zero-order valence-corrected chi connectivity index (χ0v) is 7.76. The lowest BCUT2D eigenvalue weighted by atomic mass is 10.0. The number of hydrogen-bond acceptors (Lipinski definition) is 3. The van der Waals surface area contributed by atoms with Crippen molar-refractivity contribution >= 4 is 0 Å². The largest absolute Gasteiger partial charge is 0.330 e. The maximum Gasteiger partial charge on any atom is 0.0109 e. The van der Waals surface area contributed by atoms with E-state index in [9.17, 15) is 0 Å². The van der Waals surface area contributed by atoms with Crippen molar-refractivity contribution in [1.82, 2.24) is 0 Å². The van der Waals surface area contributed by atoms with Gasteiger partial charge < -0.3 is 17.2 Å². The summed E-state index contributed by atoms with van der Waals surface area (Å²) in [6.45, 7) is 2.14. The maximum atomic E-state index is 5.43. The third-order valence-corrected chi connectivity index (χ3v) is 1.81. The second kappa shape index (κ2) is 8.71. The molecule has 0 aromatic heterocycles. The number of hydrogen-bond donors (Lipinski definition) is 3. The van der Waals surface area contributed by atoms with Crippen molar-refractivity contribution in [3.8, 4) is 0 Å². The van der Waals surface area contributed by atoms with E-state index in [1.165, 1.54) is 5.57 Å². The van der Waals surface area contributed by atoms with Gasteiger partial charge in [0.1, 0.15) is 0 Å². The average Bonchev–Trinajstić information content (AvgIpc) is 2.10. The van der Waals surface area contributed by atoms with Crippen LogP contribution in [0.15, 0.2) is 11.6 Å². The van der Waals surface area contributed by atoms with E-state index in [2.05, 4.69) is 6.08 Å². The zero-order valence-electron chi connectivity index (χ0n) is 7.76. The fraction of sp³-hybridized carbons (Fsp3) is 0.778. The van der Waals surface area contributed by atoms with E-state index >= 15 is 0 Å². The zero-order chi connectivity index (χ0) is 9.23. The molecule has 3 nitrogen and oxygen atoms in total. The summed E-state index contributed by atoms with van der Waals surface area (Å²) in [5.74, 6) is 0. The van der Waals surface area contributed by atoms with Crippen LogP contribution >= 0.6 is 0 Å². The molecule has 72 valence electrons. The molecule has 0 aromatic rings. The number of nitrogens with two attached hydrogens (primary N) is 3. The molecular formula is C9H21N3. The van der Waals surface area contributed by atoms with Gasteiger partial charge in [0.2, 0.25) is 0 Å². The van der Waals surface area contributed by atoms with Gasteiger partial charge in [0.25, 0.3) is 0 Å². The van der Waals surface area contributed by atoms with Gasteiger partial charge in [0, 0.05) is 6.54 Å². The molecule has 0 bridgehead atoms. The van der Waals surface area contributed by atoms with Gasteiger partial charge in [-0.1, -0.05) is 11.6 Å². The second-order valence-corrected chi connectivity index (χ2v) is 2.88. The van der Waals surface area contributed by atoms with Crippen molar-refractivity contribution in [3.05, 3.63) is 11.6 Å². The molecule has 6 N–H and O–H groups in total. The minimum Gasteiger partial charge on any atom is -0.330 e. The van der Waals surface area contributed by atoms with E-state index in [4.69, 9.17) is 17.2 Å². The van der Waals surface area contributed by atoms with Gasteiger partial charge in [-0.25, -0.2) is 0 Å². The number of allylic oxidation sites excluding steroid dienone is 1. The summed E-state index contributed by atoms with van der Waals surface area (Å²) in [5, 5.41) is 0. The summed E-state index contributed by atoms with van der Waals surface area (Å²) in [4.78, 5) is 0. The molecule has 0 spiro atoms. The first kappa shape index (κ1) is 11.6. The third kappa shape index (κ3) is 6.34. The van der Waals surface area contributed by atoms with Gasteiger partial charge in [-0.3, -0.25) is 0 Å². The first-order valence-electron chi connectivity index (χ1n) is 4.63. The Morgan fingerprint density at radius 1 is 0.917 bits per heavy atom. The molecule has 12 heavy (non-hydrogen) atoms. The first-order chi connectivity index (χ1) is 5.85. The maximum absolute atomic E-state index is 5.43. The quantitative estimate of drug-likeness (QED) is 0.484. The van der Waals surface area contributed by atoms with Gasteiger partial charge in [0.05, 0.1) is 0 Å². The molecule has 3 heteroatoms. The van der Waals surface area contributed by atoms with Gasteiger partial charge in [-0.2, -0.15) is 0 Å². The molecular weight excluding hydrogens is 150 g/mol. The highest BCUT2D eigenvalue weighted by atomic mass is 14.5. The molecule has 0 saturated heterocycles. The monoisotopic (exact) mass is 171 g/mol. The molecule has 0 heterocycles. The molecule has 0 aliphatic heterocycles. The molecule has 0 amide bonds. The lowest BCUT2D eigenvalue weighted by Crippen LogP contribution is -2.03. The van der Waals surface area contributed by atoms with Crippen LogP contribution in [0.5, 0.6) is 0 Å². The summed E-state index contributed by atoms with van der Waals surface area (Å²) in [5.41, 5.74) is 17.7. The lowest BCUT2D eigenvalue weighted by Gasteiger charge is -2.05. The molecule has 0 aliphatic carbocycles. The highest BCUT2D eigenvalue weighted by Gasteiger charge is 1.95. The minimum absolute atomic E-state index is 0.629. The van der Waals surface area contributed by atoms with E-state index in [0.717, 1.165) is 38.8 Å². The first-order valence-corrected chi connectivity index (χ1v) is 4.63. The fourth-order valence-electron chi connectivity index (χ4n) is 1.15. The average molecular weight is 171 g/mol. The van der Waals surface area contributed by atoms with Gasteiger partial charge in [-0.05, 0) is 38.8 Å². The highest BCUT2D eigenvalue weighted by molar-refractivity contribution is 5.02. The Hall–Kier alpha value is -0.380. The van der Waals surface area contributed by atoms with E-state index in [1.807, 2.05) is 0 Å². The predicted molar refractivity (Wildman–Crippen MR) is 53.7 cm³/mol. The van der Waals surface area contributed by atoms with Crippen molar-refractivity contribution in [3.63, 3.8) is 0 Å². The van der Waals surface area contributed by atoms with E-state index in [1.54, 1.807) is 0 Å². The van der Waals surface area contributed by atoms with Crippen LogP contribution in [0.2, 0.25) is 0 Å². The van der Waals surface area contributed by atoms with Crippen LogP contribution in [0.4, 0.5) is 0 Å². The van der Waals surface area contributed by atoms with E-state index in [-0.39, 0.29) is 0 Å². The third-order valence-electron chi connectivity index (χ3n) is 1.81. The lowest BCUT2D eigenvalue weighted by molar-refractivity contribution is 0.740. The van der Waals surface area contributed by atoms with Crippen LogP contribution < -0.4 is 17.2 Å². The van der Waals surface area contributed by atoms with Crippen LogP contribution in [-0.4, -0.2) is 19.6 Å². The summed E-state index contributed by atoms with van der Waals surface area (Å²) in [6, 6.07) is 0. The van der Waals surface area contributed by atoms with Crippen molar-refractivity contribution < 1.29 is 0 Å². The summed E-state index contributed by atoms with van der Waals surface area (Å²) >= 11 is 0. The Morgan fingerprint density at radius 2 is 1.42 bits per heavy atom. The smallest absolute Gasteiger partial charge is 0.0109 e. The van der Waals surface area contributed by atoms with E-state index < -0.39 is 0 Å². The van der Waals surface area contributed by atoms with Gasteiger partial charge in [-0.15, -0.1) is 0 Å². The Morgan fingerprint density at radius 3 is 1.75 bits per heavy atom. The van der Waals surface area contributed by atoms with E-state index in [0.29, 0.717) is 6.54 Å². The van der Waals surface area contributed by atoms with Crippen LogP contribution in [-0.2, 0) is 0 Å². The standard InChI is InChI=1S/C9H21N3/c10-6-1-3-9(5-8-12)4-2-7-11/h5H,1-4,6-8,10-12H2. The highest BCUT2D eigenvalue weighted by Crippen LogP contribution is 2.10. The van der Waals surface area contributed by atoms with Crippen LogP contribution in [0.1, 0.15) is 25.7 Å². The Balaban J connectivity index is 3.62. The van der Waals surface area contributed by atoms with Crippen LogP contribution in [0.25, 0.3) is 0 Å². The van der Waals surface area contributed by atoms with Crippen molar-refractivity contribution in [1.29, 1.82) is 0 Å². The Bertz CT molecular complexity index is 111. The van der Waals surface area contributed by atoms with Crippen molar-refractivity contribution in [2.75, 3.05) is 19.6 Å². The SMILES string of the molecule is NCC=C(CCCN)CCCN.